The van der Waals surface area contributed by atoms with Crippen molar-refractivity contribution in [1.29, 1.82) is 0 Å². The molecule has 0 unspecified atom stereocenters. The largest absolute Gasteiger partial charge is 0.314 e. The zero-order chi connectivity index (χ0) is 10.5. The summed E-state index contributed by atoms with van der Waals surface area (Å²) in [7, 11) is 0. The van der Waals surface area contributed by atoms with Crippen molar-refractivity contribution in [2.75, 3.05) is 13.1 Å². The minimum Gasteiger partial charge on any atom is -0.314 e. The summed E-state index contributed by atoms with van der Waals surface area (Å²) in [4.78, 5) is 4.41. The zero-order valence-corrected chi connectivity index (χ0v) is 10.1. The van der Waals surface area contributed by atoms with Crippen molar-refractivity contribution in [3.05, 3.63) is 16.1 Å². The second-order valence-corrected chi connectivity index (χ2v) is 5.18. The molecule has 1 aromatic rings. The average molecular weight is 225 g/mol. The van der Waals surface area contributed by atoms with E-state index in [1.807, 2.05) is 6.92 Å². The van der Waals surface area contributed by atoms with Gasteiger partial charge in [-0.15, -0.1) is 11.3 Å². The zero-order valence-electron chi connectivity index (χ0n) is 9.25. The fourth-order valence-corrected chi connectivity index (χ4v) is 2.13. The van der Waals surface area contributed by atoms with E-state index in [9.17, 15) is 0 Å². The predicted molar refractivity (Wildman–Crippen MR) is 64.2 cm³/mol. The van der Waals surface area contributed by atoms with Crippen LogP contribution in [0.4, 0.5) is 0 Å². The number of nitrogens with zero attached hydrogens (tertiary/aromatic N) is 1. The Kier molecular flexibility index (Phi) is 4.11. The molecule has 2 rings (SSSR count). The molecule has 1 aliphatic carbocycles. The highest BCUT2D eigenvalue weighted by Crippen LogP contribution is 2.18. The second kappa shape index (κ2) is 5.58. The maximum Gasteiger partial charge on any atom is 0.0897 e. The van der Waals surface area contributed by atoms with Crippen LogP contribution in [0.1, 0.15) is 30.0 Å². The monoisotopic (exact) mass is 225 g/mol. The van der Waals surface area contributed by atoms with Gasteiger partial charge in [-0.05, 0) is 39.3 Å². The Morgan fingerprint density at radius 2 is 2.33 bits per heavy atom. The Labute approximate surface area is 95.3 Å². The third-order valence-corrected chi connectivity index (χ3v) is 3.34. The fourth-order valence-electron chi connectivity index (χ4n) is 1.51. The van der Waals surface area contributed by atoms with Crippen LogP contribution in [0.25, 0.3) is 0 Å². The van der Waals surface area contributed by atoms with Gasteiger partial charge >= 0.3 is 0 Å². The van der Waals surface area contributed by atoms with Crippen molar-refractivity contribution < 1.29 is 0 Å². The van der Waals surface area contributed by atoms with Crippen LogP contribution >= 0.6 is 11.3 Å². The summed E-state index contributed by atoms with van der Waals surface area (Å²) in [6, 6.07) is 0.839. The first kappa shape index (κ1) is 11.0. The first-order chi connectivity index (χ1) is 7.34. The van der Waals surface area contributed by atoms with Crippen LogP contribution in [0.3, 0.4) is 0 Å². The molecule has 3 nitrogen and oxygen atoms in total. The molecule has 1 heterocycles. The van der Waals surface area contributed by atoms with Crippen molar-refractivity contribution >= 4 is 11.3 Å². The number of nitrogens with one attached hydrogen (secondary N) is 2. The molecule has 0 aliphatic heterocycles. The van der Waals surface area contributed by atoms with Gasteiger partial charge in [0.25, 0.3) is 0 Å². The van der Waals surface area contributed by atoms with Gasteiger partial charge < -0.3 is 10.6 Å². The first-order valence-electron chi connectivity index (χ1n) is 5.70. The molecule has 0 radical (unpaired) electrons. The van der Waals surface area contributed by atoms with E-state index in [1.54, 1.807) is 11.3 Å². The van der Waals surface area contributed by atoms with Gasteiger partial charge in [0.1, 0.15) is 0 Å². The van der Waals surface area contributed by atoms with Gasteiger partial charge in [-0.2, -0.15) is 0 Å². The molecule has 1 aliphatic rings. The number of rotatable bonds is 7. The average Bonchev–Trinajstić information content (AvgIpc) is 2.95. The first-order valence-corrected chi connectivity index (χ1v) is 6.57. The maximum absolute atomic E-state index is 4.41. The van der Waals surface area contributed by atoms with Crippen LogP contribution in [0, 0.1) is 6.92 Å². The normalized spacial score (nSPS) is 15.8. The Morgan fingerprint density at radius 1 is 1.47 bits per heavy atom. The van der Waals surface area contributed by atoms with E-state index in [2.05, 4.69) is 21.0 Å². The van der Waals surface area contributed by atoms with Gasteiger partial charge in [0.2, 0.25) is 0 Å². The molecule has 2 N–H and O–H groups in total. The van der Waals surface area contributed by atoms with Gasteiger partial charge in [0.05, 0.1) is 10.7 Å². The molecular weight excluding hydrogens is 206 g/mol. The number of hydrogen-bond donors (Lipinski definition) is 2. The van der Waals surface area contributed by atoms with Crippen LogP contribution in [0.15, 0.2) is 5.38 Å². The Morgan fingerprint density at radius 3 is 3.00 bits per heavy atom. The van der Waals surface area contributed by atoms with Crippen molar-refractivity contribution in [1.82, 2.24) is 15.6 Å². The van der Waals surface area contributed by atoms with Gasteiger partial charge in [-0.3, -0.25) is 0 Å². The summed E-state index contributed by atoms with van der Waals surface area (Å²) < 4.78 is 0. The lowest BCUT2D eigenvalue weighted by molar-refractivity contribution is 0.590. The maximum atomic E-state index is 4.41. The summed E-state index contributed by atoms with van der Waals surface area (Å²) in [5.41, 5.74) is 1.17. The van der Waals surface area contributed by atoms with E-state index >= 15 is 0 Å². The minimum absolute atomic E-state index is 0.839. The number of aryl methyl sites for hydroxylation is 1. The molecule has 1 fully saturated rings. The van der Waals surface area contributed by atoms with Crippen LogP contribution in [-0.4, -0.2) is 24.1 Å². The highest BCUT2D eigenvalue weighted by molar-refractivity contribution is 7.09. The highest BCUT2D eigenvalue weighted by atomic mass is 32.1. The summed E-state index contributed by atoms with van der Waals surface area (Å²) in [5.74, 6) is 0. The van der Waals surface area contributed by atoms with Crippen molar-refractivity contribution in [3.63, 3.8) is 0 Å². The number of thiazole rings is 1. The fraction of sp³-hybridized carbons (Fsp3) is 0.727. The van der Waals surface area contributed by atoms with Crippen molar-refractivity contribution in [2.45, 2.75) is 38.8 Å². The van der Waals surface area contributed by atoms with Crippen LogP contribution in [0.2, 0.25) is 0 Å². The van der Waals surface area contributed by atoms with E-state index in [-0.39, 0.29) is 0 Å². The molecule has 84 valence electrons. The van der Waals surface area contributed by atoms with E-state index in [1.165, 1.54) is 25.0 Å². The molecule has 0 bridgehead atoms. The van der Waals surface area contributed by atoms with E-state index in [4.69, 9.17) is 0 Å². The summed E-state index contributed by atoms with van der Waals surface area (Å²) >= 11 is 1.72. The lowest BCUT2D eigenvalue weighted by Crippen LogP contribution is -2.23. The summed E-state index contributed by atoms with van der Waals surface area (Å²) in [6.45, 7) is 5.19. The van der Waals surface area contributed by atoms with Crippen LogP contribution in [0.5, 0.6) is 0 Å². The molecule has 1 saturated carbocycles. The summed E-state index contributed by atoms with van der Waals surface area (Å²) in [5, 5.41) is 10.2. The van der Waals surface area contributed by atoms with E-state index in [0.717, 1.165) is 30.7 Å². The van der Waals surface area contributed by atoms with Gasteiger partial charge in [-0.25, -0.2) is 4.98 Å². The van der Waals surface area contributed by atoms with E-state index in [0.29, 0.717) is 0 Å². The topological polar surface area (TPSA) is 37.0 Å². The third kappa shape index (κ3) is 4.28. The second-order valence-electron chi connectivity index (χ2n) is 4.12. The van der Waals surface area contributed by atoms with Crippen LogP contribution < -0.4 is 10.6 Å². The predicted octanol–water partition coefficient (Wildman–Crippen LogP) is 1.68. The van der Waals surface area contributed by atoms with Crippen LogP contribution in [-0.2, 0) is 6.54 Å². The van der Waals surface area contributed by atoms with Gasteiger partial charge in [0, 0.05) is 18.0 Å². The molecular formula is C11H19N3S. The lowest BCUT2D eigenvalue weighted by atomic mass is 10.4. The number of aromatic nitrogens is 1. The molecule has 1 aromatic heterocycles. The molecule has 4 heteroatoms. The Balaban J connectivity index is 1.47. The number of hydrogen-bond acceptors (Lipinski definition) is 4. The Hall–Kier alpha value is -0.450. The molecule has 0 aromatic carbocycles. The quantitative estimate of drug-likeness (QED) is 0.693. The SMILES string of the molecule is Cc1nc(CNCCCNC2CC2)cs1. The lowest BCUT2D eigenvalue weighted by Gasteiger charge is -2.03. The van der Waals surface area contributed by atoms with Crippen molar-refractivity contribution in [3.8, 4) is 0 Å². The Bertz CT molecular complexity index is 294. The van der Waals surface area contributed by atoms with Gasteiger partial charge in [0.15, 0.2) is 0 Å². The smallest absolute Gasteiger partial charge is 0.0897 e. The van der Waals surface area contributed by atoms with E-state index < -0.39 is 0 Å². The highest BCUT2D eigenvalue weighted by Gasteiger charge is 2.19. The molecule has 0 atom stereocenters. The summed E-state index contributed by atoms with van der Waals surface area (Å²) in [6.07, 6.45) is 3.97. The standard InChI is InChI=1S/C11H19N3S/c1-9-14-11(8-15-9)7-12-5-2-6-13-10-3-4-10/h8,10,12-13H,2-7H2,1H3. The molecule has 0 amide bonds. The molecule has 15 heavy (non-hydrogen) atoms. The third-order valence-electron chi connectivity index (χ3n) is 2.51. The molecule has 0 saturated heterocycles. The molecule has 0 spiro atoms. The van der Waals surface area contributed by atoms with Crippen molar-refractivity contribution in [2.24, 2.45) is 0 Å². The van der Waals surface area contributed by atoms with Gasteiger partial charge in [-0.1, -0.05) is 0 Å². The minimum atomic E-state index is 0.839.